The third-order valence-corrected chi connectivity index (χ3v) is 4.19. The number of carbonyl (C=O) groups excluding carboxylic acids is 2. The molecule has 1 heterocycles. The van der Waals surface area contributed by atoms with E-state index in [1.54, 1.807) is 0 Å². The minimum absolute atomic E-state index is 0.0438. The monoisotopic (exact) mass is 384 g/mol. The Kier molecular flexibility index (Phi) is 5.49. The van der Waals surface area contributed by atoms with Crippen LogP contribution in [0.15, 0.2) is 12.1 Å². The molecule has 0 spiro atoms. The topological polar surface area (TPSA) is 49.9 Å². The standard InChI is InChI=1S/C14H13Cl2F3N2O3/c1-24-11-9(16)3-2-8(15)10(11)12(22)20-4-6-21(7-5-20)13(23)14(17,18)19/h2-3H,4-7H2,1H3. The Bertz CT molecular complexity index is 659. The Morgan fingerprint density at radius 1 is 1.04 bits per heavy atom. The number of halogens is 5. The molecule has 1 fully saturated rings. The lowest BCUT2D eigenvalue weighted by Crippen LogP contribution is -2.53. The summed E-state index contributed by atoms with van der Waals surface area (Å²) in [4.78, 5) is 25.8. The predicted octanol–water partition coefficient (Wildman–Crippen LogP) is 2.85. The molecule has 0 unspecified atom stereocenters. The molecule has 0 radical (unpaired) electrons. The number of hydrogen-bond acceptors (Lipinski definition) is 3. The Hall–Kier alpha value is -1.67. The highest BCUT2D eigenvalue weighted by Crippen LogP contribution is 2.35. The van der Waals surface area contributed by atoms with Crippen molar-refractivity contribution in [2.45, 2.75) is 6.18 Å². The fourth-order valence-electron chi connectivity index (χ4n) is 2.38. The molecule has 0 aromatic heterocycles. The van der Waals surface area contributed by atoms with Crippen LogP contribution in [0.4, 0.5) is 13.2 Å². The van der Waals surface area contributed by atoms with E-state index in [1.165, 1.54) is 24.1 Å². The van der Waals surface area contributed by atoms with Crippen molar-refractivity contribution in [3.63, 3.8) is 0 Å². The molecule has 1 aromatic carbocycles. The van der Waals surface area contributed by atoms with Gasteiger partial charge in [-0.2, -0.15) is 13.2 Å². The van der Waals surface area contributed by atoms with Crippen molar-refractivity contribution in [3.8, 4) is 5.75 Å². The zero-order valence-electron chi connectivity index (χ0n) is 12.5. The molecule has 10 heteroatoms. The minimum Gasteiger partial charge on any atom is -0.494 e. The number of rotatable bonds is 2. The van der Waals surface area contributed by atoms with E-state index in [-0.39, 0.29) is 47.5 Å². The first-order valence-electron chi connectivity index (χ1n) is 6.84. The van der Waals surface area contributed by atoms with E-state index in [1.807, 2.05) is 0 Å². The third-order valence-electron chi connectivity index (χ3n) is 3.57. The van der Waals surface area contributed by atoms with Crippen molar-refractivity contribution in [1.29, 1.82) is 0 Å². The number of alkyl halides is 3. The molecule has 0 bridgehead atoms. The van der Waals surface area contributed by atoms with E-state index < -0.39 is 18.0 Å². The van der Waals surface area contributed by atoms with Gasteiger partial charge in [0, 0.05) is 26.2 Å². The first-order valence-corrected chi connectivity index (χ1v) is 7.59. The largest absolute Gasteiger partial charge is 0.494 e. The number of methoxy groups -OCH3 is 1. The van der Waals surface area contributed by atoms with Crippen molar-refractivity contribution in [2.24, 2.45) is 0 Å². The number of carbonyl (C=O) groups is 2. The number of hydrogen-bond donors (Lipinski definition) is 0. The van der Waals surface area contributed by atoms with Crippen LogP contribution in [0.1, 0.15) is 10.4 Å². The average molecular weight is 385 g/mol. The molecular formula is C14H13Cl2F3N2O3. The highest BCUT2D eigenvalue weighted by atomic mass is 35.5. The Balaban J connectivity index is 2.15. The van der Waals surface area contributed by atoms with E-state index in [9.17, 15) is 22.8 Å². The molecule has 0 atom stereocenters. The average Bonchev–Trinajstić information content (AvgIpc) is 2.54. The highest BCUT2D eigenvalue weighted by molar-refractivity contribution is 6.37. The Morgan fingerprint density at radius 3 is 2.04 bits per heavy atom. The van der Waals surface area contributed by atoms with Crippen LogP contribution in [0.5, 0.6) is 5.75 Å². The summed E-state index contributed by atoms with van der Waals surface area (Å²) in [5.41, 5.74) is 0.0438. The number of piperazine rings is 1. The van der Waals surface area contributed by atoms with Crippen molar-refractivity contribution >= 4 is 35.0 Å². The molecule has 24 heavy (non-hydrogen) atoms. The second-order valence-electron chi connectivity index (χ2n) is 5.02. The summed E-state index contributed by atoms with van der Waals surface area (Å²) in [5.74, 6) is -2.32. The maximum atomic E-state index is 12.6. The first kappa shape index (κ1) is 18.7. The van der Waals surface area contributed by atoms with Gasteiger partial charge in [0.1, 0.15) is 5.56 Å². The van der Waals surface area contributed by atoms with Gasteiger partial charge in [0.2, 0.25) is 0 Å². The fraction of sp³-hybridized carbons (Fsp3) is 0.429. The van der Waals surface area contributed by atoms with Crippen molar-refractivity contribution < 1.29 is 27.5 Å². The van der Waals surface area contributed by atoms with Crippen LogP contribution in [0, 0.1) is 0 Å². The summed E-state index contributed by atoms with van der Waals surface area (Å²) in [6.07, 6.45) is -4.92. The quantitative estimate of drug-likeness (QED) is 0.787. The van der Waals surface area contributed by atoms with Gasteiger partial charge in [0.25, 0.3) is 5.91 Å². The molecule has 5 nitrogen and oxygen atoms in total. The van der Waals surface area contributed by atoms with Crippen molar-refractivity contribution in [2.75, 3.05) is 33.3 Å². The van der Waals surface area contributed by atoms with Gasteiger partial charge >= 0.3 is 12.1 Å². The Morgan fingerprint density at radius 2 is 1.54 bits per heavy atom. The molecule has 0 N–H and O–H groups in total. The van der Waals surface area contributed by atoms with Crippen LogP contribution < -0.4 is 4.74 Å². The fourth-order valence-corrected chi connectivity index (χ4v) is 2.85. The van der Waals surface area contributed by atoms with Gasteiger partial charge in [-0.25, -0.2) is 0 Å². The van der Waals surface area contributed by atoms with Gasteiger partial charge in [-0.1, -0.05) is 23.2 Å². The molecule has 2 rings (SSSR count). The Labute approximate surface area is 145 Å². The lowest BCUT2D eigenvalue weighted by Gasteiger charge is -2.35. The summed E-state index contributed by atoms with van der Waals surface area (Å²) in [5, 5.41) is 0.311. The van der Waals surface area contributed by atoms with E-state index in [0.29, 0.717) is 4.90 Å². The normalized spacial score (nSPS) is 15.4. The highest BCUT2D eigenvalue weighted by Gasteiger charge is 2.43. The lowest BCUT2D eigenvalue weighted by atomic mass is 10.1. The minimum atomic E-state index is -4.92. The lowest BCUT2D eigenvalue weighted by molar-refractivity contribution is -0.186. The van der Waals surface area contributed by atoms with Crippen LogP contribution in [-0.4, -0.2) is 61.1 Å². The zero-order valence-corrected chi connectivity index (χ0v) is 14.0. The number of amides is 2. The molecule has 1 aromatic rings. The summed E-state index contributed by atoms with van der Waals surface area (Å²) in [7, 11) is 1.33. The number of benzene rings is 1. The summed E-state index contributed by atoms with van der Waals surface area (Å²) in [6, 6.07) is 2.91. The van der Waals surface area contributed by atoms with E-state index in [4.69, 9.17) is 27.9 Å². The van der Waals surface area contributed by atoms with Gasteiger partial charge in [-0.3, -0.25) is 9.59 Å². The van der Waals surface area contributed by atoms with Gasteiger partial charge in [-0.15, -0.1) is 0 Å². The van der Waals surface area contributed by atoms with Gasteiger partial charge in [0.05, 0.1) is 17.2 Å². The van der Waals surface area contributed by atoms with Gasteiger partial charge in [0.15, 0.2) is 5.75 Å². The van der Waals surface area contributed by atoms with Gasteiger partial charge < -0.3 is 14.5 Å². The first-order chi connectivity index (χ1) is 11.2. The summed E-state index contributed by atoms with van der Waals surface area (Å²) >= 11 is 12.0. The smallest absolute Gasteiger partial charge is 0.471 e. The second kappa shape index (κ2) is 7.06. The number of nitrogens with zero attached hydrogens (tertiary/aromatic N) is 2. The predicted molar refractivity (Wildman–Crippen MR) is 81.6 cm³/mol. The van der Waals surface area contributed by atoms with Crippen LogP contribution in [0.2, 0.25) is 10.0 Å². The maximum Gasteiger partial charge on any atom is 0.471 e. The van der Waals surface area contributed by atoms with Crippen LogP contribution in [0.3, 0.4) is 0 Å². The molecule has 0 aliphatic carbocycles. The van der Waals surface area contributed by atoms with Crippen molar-refractivity contribution in [3.05, 3.63) is 27.7 Å². The van der Waals surface area contributed by atoms with E-state index in [0.717, 1.165) is 0 Å². The van der Waals surface area contributed by atoms with Crippen molar-refractivity contribution in [1.82, 2.24) is 9.80 Å². The van der Waals surface area contributed by atoms with Gasteiger partial charge in [-0.05, 0) is 12.1 Å². The maximum absolute atomic E-state index is 12.6. The van der Waals surface area contributed by atoms with E-state index in [2.05, 4.69) is 0 Å². The summed E-state index contributed by atoms with van der Waals surface area (Å²) in [6.45, 7) is -0.533. The summed E-state index contributed by atoms with van der Waals surface area (Å²) < 4.78 is 42.4. The van der Waals surface area contributed by atoms with E-state index >= 15 is 0 Å². The molecule has 0 saturated carbocycles. The molecule has 132 valence electrons. The molecule has 1 aliphatic heterocycles. The zero-order chi connectivity index (χ0) is 18.1. The van der Waals surface area contributed by atoms with Crippen LogP contribution in [0.25, 0.3) is 0 Å². The second-order valence-corrected chi connectivity index (χ2v) is 5.83. The van der Waals surface area contributed by atoms with Crippen LogP contribution >= 0.6 is 23.2 Å². The third kappa shape index (κ3) is 3.70. The molecule has 1 aliphatic rings. The van der Waals surface area contributed by atoms with Crippen LogP contribution in [-0.2, 0) is 4.79 Å². The molecule has 2 amide bonds. The molecule has 1 saturated heterocycles. The molecular weight excluding hydrogens is 372 g/mol. The SMILES string of the molecule is COc1c(Cl)ccc(Cl)c1C(=O)N1CCN(C(=O)C(F)(F)F)CC1. The number of ether oxygens (including phenoxy) is 1.